The molecule has 1 aliphatic rings. The summed E-state index contributed by atoms with van der Waals surface area (Å²) in [5.74, 6) is -2.13. The predicted octanol–water partition coefficient (Wildman–Crippen LogP) is 0.625. The number of nitrogens with one attached hydrogen (secondary N) is 3. The minimum atomic E-state index is -1.22. The smallest absolute Gasteiger partial charge is 0.309 e. The fourth-order valence-electron chi connectivity index (χ4n) is 3.36. The van der Waals surface area contributed by atoms with E-state index in [-0.39, 0.29) is 30.4 Å². The SMILES string of the molecule is CC(C)C1NC(=O)CC(/C=C/CCS)OC(=O)CC(O)C(C(C)C)NC(=O)C(CS)NC1=O. The van der Waals surface area contributed by atoms with Crippen LogP contribution in [0.1, 0.15) is 47.0 Å². The number of allylic oxidation sites excluding steroid dienone is 1. The molecule has 0 aromatic carbocycles. The highest BCUT2D eigenvalue weighted by Crippen LogP contribution is 2.14. The molecule has 0 spiro atoms. The van der Waals surface area contributed by atoms with Crippen LogP contribution in [0.4, 0.5) is 0 Å². The molecule has 3 amide bonds. The van der Waals surface area contributed by atoms with Crippen molar-refractivity contribution >= 4 is 48.9 Å². The molecule has 9 nitrogen and oxygen atoms in total. The largest absolute Gasteiger partial charge is 0.457 e. The van der Waals surface area contributed by atoms with Gasteiger partial charge in [-0.05, 0) is 30.1 Å². The summed E-state index contributed by atoms with van der Waals surface area (Å²) in [7, 11) is 0. The Hall–Kier alpha value is -1.72. The van der Waals surface area contributed by atoms with Gasteiger partial charge >= 0.3 is 5.97 Å². The zero-order valence-electron chi connectivity index (χ0n) is 19.6. The number of aliphatic hydroxyl groups excluding tert-OH is 1. The number of cyclic esters (lactones) is 1. The first-order valence-electron chi connectivity index (χ1n) is 11.2. The van der Waals surface area contributed by atoms with Gasteiger partial charge in [0.25, 0.3) is 0 Å². The van der Waals surface area contributed by atoms with Crippen molar-refractivity contribution in [1.82, 2.24) is 16.0 Å². The van der Waals surface area contributed by atoms with E-state index in [0.717, 1.165) is 0 Å². The van der Waals surface area contributed by atoms with E-state index in [2.05, 4.69) is 41.2 Å². The van der Waals surface area contributed by atoms with Crippen molar-refractivity contribution in [3.63, 3.8) is 0 Å². The molecule has 1 fully saturated rings. The van der Waals surface area contributed by atoms with Gasteiger partial charge in [-0.15, -0.1) is 0 Å². The summed E-state index contributed by atoms with van der Waals surface area (Å²) < 4.78 is 5.44. The third kappa shape index (κ3) is 9.97. The van der Waals surface area contributed by atoms with Gasteiger partial charge in [0.1, 0.15) is 18.2 Å². The zero-order chi connectivity index (χ0) is 25.1. The van der Waals surface area contributed by atoms with Gasteiger partial charge in [-0.25, -0.2) is 0 Å². The average molecular weight is 504 g/mol. The molecule has 11 heteroatoms. The standard InChI is InChI=1S/C22H37N3O6S2/c1-12(2)19-16(26)10-18(28)31-14(7-5-6-8-32)9-17(27)24-20(13(3)4)22(30)23-15(11-33)21(29)25-19/h5,7,12-16,19-20,26,32-33H,6,8-11H2,1-4H3,(H,23,30)(H,24,27)(H,25,29)/b7-5+. The number of esters is 1. The van der Waals surface area contributed by atoms with Gasteiger partial charge in [0.2, 0.25) is 17.7 Å². The fraction of sp³-hybridized carbons (Fsp3) is 0.727. The average Bonchev–Trinajstić information content (AvgIpc) is 2.72. The quantitative estimate of drug-likeness (QED) is 0.179. The molecule has 33 heavy (non-hydrogen) atoms. The molecule has 5 unspecified atom stereocenters. The number of thiol groups is 2. The third-order valence-electron chi connectivity index (χ3n) is 5.21. The van der Waals surface area contributed by atoms with Crippen LogP contribution in [0.5, 0.6) is 0 Å². The topological polar surface area (TPSA) is 134 Å². The minimum absolute atomic E-state index is 0.0112. The molecular weight excluding hydrogens is 466 g/mol. The second kappa shape index (κ2) is 14.5. The summed E-state index contributed by atoms with van der Waals surface area (Å²) in [6, 6.07) is -2.64. The van der Waals surface area contributed by atoms with Crippen LogP contribution in [-0.2, 0) is 23.9 Å². The van der Waals surface area contributed by atoms with Crippen LogP contribution in [0.15, 0.2) is 12.2 Å². The summed E-state index contributed by atoms with van der Waals surface area (Å²) in [6.07, 6.45) is 1.32. The van der Waals surface area contributed by atoms with Crippen molar-refractivity contribution in [3.05, 3.63) is 12.2 Å². The molecule has 0 radical (unpaired) electrons. The Morgan fingerprint density at radius 1 is 1.00 bits per heavy atom. The molecule has 4 N–H and O–H groups in total. The number of hydrogen-bond acceptors (Lipinski definition) is 8. The van der Waals surface area contributed by atoms with E-state index in [0.29, 0.717) is 12.2 Å². The molecule has 1 aliphatic heterocycles. The van der Waals surface area contributed by atoms with Crippen LogP contribution < -0.4 is 16.0 Å². The van der Waals surface area contributed by atoms with E-state index < -0.39 is 54.0 Å². The molecule has 0 saturated carbocycles. The van der Waals surface area contributed by atoms with Crippen molar-refractivity contribution in [2.45, 2.75) is 77.3 Å². The number of amides is 3. The van der Waals surface area contributed by atoms with Crippen molar-refractivity contribution < 1.29 is 29.0 Å². The Balaban J connectivity index is 3.28. The maximum absolute atomic E-state index is 12.9. The summed E-state index contributed by atoms with van der Waals surface area (Å²) in [4.78, 5) is 50.9. The molecule has 5 atom stereocenters. The zero-order valence-corrected chi connectivity index (χ0v) is 21.4. The van der Waals surface area contributed by atoms with Gasteiger partial charge in [0.05, 0.1) is 25.0 Å². The van der Waals surface area contributed by atoms with Crippen LogP contribution in [0.2, 0.25) is 0 Å². The van der Waals surface area contributed by atoms with E-state index in [1.165, 1.54) is 0 Å². The lowest BCUT2D eigenvalue weighted by molar-refractivity contribution is -0.151. The lowest BCUT2D eigenvalue weighted by Crippen LogP contribution is -2.58. The molecule has 0 bridgehead atoms. The summed E-state index contributed by atoms with van der Waals surface area (Å²) in [5, 5.41) is 18.7. The molecular formula is C22H37N3O6S2. The Morgan fingerprint density at radius 3 is 2.21 bits per heavy atom. The first-order chi connectivity index (χ1) is 15.5. The maximum Gasteiger partial charge on any atom is 0.309 e. The summed E-state index contributed by atoms with van der Waals surface area (Å²) in [5.41, 5.74) is 0. The Bertz CT molecular complexity index is 716. The van der Waals surface area contributed by atoms with E-state index >= 15 is 0 Å². The van der Waals surface area contributed by atoms with Crippen molar-refractivity contribution in [3.8, 4) is 0 Å². The third-order valence-corrected chi connectivity index (χ3v) is 5.84. The van der Waals surface area contributed by atoms with Crippen LogP contribution in [-0.4, -0.2) is 70.6 Å². The molecule has 0 aromatic rings. The maximum atomic E-state index is 12.9. The second-order valence-corrected chi connectivity index (χ2v) is 9.57. The van der Waals surface area contributed by atoms with Crippen molar-refractivity contribution in [1.29, 1.82) is 0 Å². The fourth-order valence-corrected chi connectivity index (χ4v) is 3.77. The van der Waals surface area contributed by atoms with Gasteiger partial charge in [-0.1, -0.05) is 33.8 Å². The second-order valence-electron chi connectivity index (χ2n) is 8.76. The van der Waals surface area contributed by atoms with Gasteiger partial charge in [0, 0.05) is 5.75 Å². The van der Waals surface area contributed by atoms with Gasteiger partial charge in [-0.2, -0.15) is 25.3 Å². The van der Waals surface area contributed by atoms with E-state index in [4.69, 9.17) is 4.74 Å². The Morgan fingerprint density at radius 2 is 1.67 bits per heavy atom. The van der Waals surface area contributed by atoms with Crippen LogP contribution >= 0.6 is 25.3 Å². The van der Waals surface area contributed by atoms with Gasteiger partial charge < -0.3 is 25.8 Å². The van der Waals surface area contributed by atoms with Crippen molar-refractivity contribution in [2.24, 2.45) is 11.8 Å². The number of rotatable bonds is 6. The van der Waals surface area contributed by atoms with Crippen molar-refractivity contribution in [2.75, 3.05) is 11.5 Å². The lowest BCUT2D eigenvalue weighted by Gasteiger charge is -2.29. The molecule has 188 valence electrons. The van der Waals surface area contributed by atoms with Crippen LogP contribution in [0, 0.1) is 11.8 Å². The van der Waals surface area contributed by atoms with E-state index in [1.54, 1.807) is 39.8 Å². The number of ether oxygens (including phenoxy) is 1. The monoisotopic (exact) mass is 503 g/mol. The Kier molecular flexibility index (Phi) is 12.9. The molecule has 1 saturated heterocycles. The number of aliphatic hydroxyl groups is 1. The summed E-state index contributed by atoms with van der Waals surface area (Å²) in [6.45, 7) is 7.12. The minimum Gasteiger partial charge on any atom is -0.457 e. The Labute approximate surface area is 206 Å². The highest BCUT2D eigenvalue weighted by Gasteiger charge is 2.33. The number of hydrogen-bond donors (Lipinski definition) is 6. The highest BCUT2D eigenvalue weighted by molar-refractivity contribution is 7.80. The number of carbonyl (C=O) groups excluding carboxylic acids is 4. The molecule has 1 heterocycles. The highest BCUT2D eigenvalue weighted by atomic mass is 32.1. The molecule has 0 aromatic heterocycles. The molecule has 1 rings (SSSR count). The first kappa shape index (κ1) is 29.3. The summed E-state index contributed by atoms with van der Waals surface area (Å²) >= 11 is 8.30. The van der Waals surface area contributed by atoms with E-state index in [9.17, 15) is 24.3 Å². The lowest BCUT2D eigenvalue weighted by atomic mass is 9.96. The predicted molar refractivity (Wildman–Crippen MR) is 132 cm³/mol. The number of carbonyl (C=O) groups is 4. The first-order valence-corrected chi connectivity index (χ1v) is 12.4. The molecule has 0 aliphatic carbocycles. The van der Waals surface area contributed by atoms with Crippen LogP contribution in [0.3, 0.4) is 0 Å². The normalized spacial score (nSPS) is 28.7. The van der Waals surface area contributed by atoms with Gasteiger partial charge in [-0.3, -0.25) is 19.2 Å². The van der Waals surface area contributed by atoms with Crippen LogP contribution in [0.25, 0.3) is 0 Å². The van der Waals surface area contributed by atoms with Gasteiger partial charge in [0.15, 0.2) is 0 Å². The van der Waals surface area contributed by atoms with E-state index in [1.807, 2.05) is 0 Å².